The second-order valence-electron chi connectivity index (χ2n) is 21.5. The molecular formula is C59H117NO8. The highest BCUT2D eigenvalue weighted by atomic mass is 16.7. The molecule has 7 atom stereocenters. The first-order valence-corrected chi connectivity index (χ1v) is 30.2. The molecule has 0 saturated carbocycles. The molecule has 0 aliphatic carbocycles. The number of nitrogens with one attached hydrogen (secondary N) is 1. The largest absolute Gasteiger partial charge is 0.394 e. The zero-order valence-corrected chi connectivity index (χ0v) is 45.2. The van der Waals surface area contributed by atoms with Crippen LogP contribution in [0.15, 0.2) is 0 Å². The van der Waals surface area contributed by atoms with E-state index in [9.17, 15) is 30.3 Å². The van der Waals surface area contributed by atoms with Crippen molar-refractivity contribution in [1.29, 1.82) is 0 Å². The van der Waals surface area contributed by atoms with Gasteiger partial charge in [0.2, 0.25) is 5.91 Å². The van der Waals surface area contributed by atoms with E-state index < -0.39 is 49.5 Å². The van der Waals surface area contributed by atoms with Gasteiger partial charge in [0.25, 0.3) is 0 Å². The summed E-state index contributed by atoms with van der Waals surface area (Å²) in [4.78, 5) is 12.9. The number of aliphatic hydroxyl groups excluding tert-OH is 5. The van der Waals surface area contributed by atoms with Crippen molar-refractivity contribution in [2.75, 3.05) is 13.2 Å². The summed E-state index contributed by atoms with van der Waals surface area (Å²) in [6, 6.07) is -0.710. The van der Waals surface area contributed by atoms with Crippen molar-refractivity contribution in [2.24, 2.45) is 0 Å². The van der Waals surface area contributed by atoms with Crippen LogP contribution in [0.1, 0.15) is 316 Å². The van der Waals surface area contributed by atoms with Gasteiger partial charge in [-0.1, -0.05) is 296 Å². The van der Waals surface area contributed by atoms with Gasteiger partial charge in [0.15, 0.2) is 6.29 Å². The van der Waals surface area contributed by atoms with Gasteiger partial charge in [-0.2, -0.15) is 0 Å². The molecule has 0 bridgehead atoms. The van der Waals surface area contributed by atoms with Crippen LogP contribution in [-0.2, 0) is 14.3 Å². The number of carbonyl (C=O) groups excluding carboxylic acids is 1. The highest BCUT2D eigenvalue weighted by molar-refractivity contribution is 5.76. The third-order valence-electron chi connectivity index (χ3n) is 15.0. The van der Waals surface area contributed by atoms with E-state index in [1.165, 1.54) is 250 Å². The zero-order valence-electron chi connectivity index (χ0n) is 45.2. The van der Waals surface area contributed by atoms with E-state index in [2.05, 4.69) is 19.2 Å². The van der Waals surface area contributed by atoms with Crippen LogP contribution in [0.3, 0.4) is 0 Å². The number of unbranched alkanes of at least 4 members (excludes halogenated alkanes) is 43. The van der Waals surface area contributed by atoms with Crippen LogP contribution >= 0.6 is 0 Å². The Balaban J connectivity index is 1.91. The molecule has 1 aliphatic heterocycles. The smallest absolute Gasteiger partial charge is 0.220 e. The van der Waals surface area contributed by atoms with E-state index in [0.29, 0.717) is 12.8 Å². The van der Waals surface area contributed by atoms with Crippen LogP contribution in [0.5, 0.6) is 0 Å². The first-order chi connectivity index (χ1) is 33.3. The average Bonchev–Trinajstić information content (AvgIpc) is 3.34. The van der Waals surface area contributed by atoms with E-state index in [0.717, 1.165) is 38.5 Å². The fourth-order valence-corrected chi connectivity index (χ4v) is 10.2. The first kappa shape index (κ1) is 65.2. The Bertz CT molecular complexity index is 1030. The molecule has 1 heterocycles. The molecule has 1 rings (SSSR count). The van der Waals surface area contributed by atoms with Crippen molar-refractivity contribution < 1.29 is 39.8 Å². The van der Waals surface area contributed by atoms with Gasteiger partial charge >= 0.3 is 0 Å². The van der Waals surface area contributed by atoms with Crippen molar-refractivity contribution in [3.63, 3.8) is 0 Å². The summed E-state index contributed by atoms with van der Waals surface area (Å²) < 4.78 is 11.2. The number of ether oxygens (including phenoxy) is 2. The molecule has 9 heteroatoms. The van der Waals surface area contributed by atoms with Gasteiger partial charge in [-0.3, -0.25) is 4.79 Å². The minimum absolute atomic E-state index is 0.134. The SMILES string of the molecule is CCCCCCCCCCCCCCCCCCCCCCCCCCCCCCCCCCCCCCCCCC(=O)NC(COC1OC(CO)C(O)C(O)C1O)C(O)CCCCCCCC. The fourth-order valence-electron chi connectivity index (χ4n) is 10.2. The van der Waals surface area contributed by atoms with Crippen molar-refractivity contribution >= 4 is 5.91 Å². The minimum atomic E-state index is -1.55. The monoisotopic (exact) mass is 968 g/mol. The number of hydrogen-bond acceptors (Lipinski definition) is 8. The normalized spacial score (nSPS) is 19.4. The summed E-state index contributed by atoms with van der Waals surface area (Å²) in [7, 11) is 0. The molecule has 68 heavy (non-hydrogen) atoms. The van der Waals surface area contributed by atoms with Crippen LogP contribution in [-0.4, -0.2) is 87.5 Å². The lowest BCUT2D eigenvalue weighted by molar-refractivity contribution is -0.302. The van der Waals surface area contributed by atoms with Crippen LogP contribution in [0.25, 0.3) is 0 Å². The molecule has 7 unspecified atom stereocenters. The molecule has 1 aliphatic rings. The molecule has 1 fully saturated rings. The Hall–Kier alpha value is -0.810. The summed E-state index contributed by atoms with van der Waals surface area (Å²) in [5.41, 5.74) is 0. The Morgan fingerprint density at radius 3 is 1.04 bits per heavy atom. The van der Waals surface area contributed by atoms with Crippen LogP contribution in [0, 0.1) is 0 Å². The molecule has 1 saturated heterocycles. The lowest BCUT2D eigenvalue weighted by atomic mass is 9.99. The quantitative estimate of drug-likeness (QED) is 0.0330. The van der Waals surface area contributed by atoms with Gasteiger partial charge in [-0.25, -0.2) is 0 Å². The highest BCUT2D eigenvalue weighted by Crippen LogP contribution is 2.23. The Morgan fingerprint density at radius 2 is 0.735 bits per heavy atom. The third-order valence-corrected chi connectivity index (χ3v) is 15.0. The summed E-state index contributed by atoms with van der Waals surface area (Å²) in [5.74, 6) is -0.143. The van der Waals surface area contributed by atoms with Gasteiger partial charge in [0.1, 0.15) is 24.4 Å². The summed E-state index contributed by atoms with van der Waals surface area (Å²) >= 11 is 0. The second kappa shape index (κ2) is 49.8. The van der Waals surface area contributed by atoms with Crippen LogP contribution in [0.2, 0.25) is 0 Å². The number of rotatable bonds is 53. The lowest BCUT2D eigenvalue weighted by Gasteiger charge is -2.40. The van der Waals surface area contributed by atoms with E-state index in [1.54, 1.807) is 0 Å². The molecule has 0 spiro atoms. The number of hydrogen-bond donors (Lipinski definition) is 6. The van der Waals surface area contributed by atoms with E-state index >= 15 is 0 Å². The van der Waals surface area contributed by atoms with Crippen molar-refractivity contribution in [3.05, 3.63) is 0 Å². The van der Waals surface area contributed by atoms with Crippen molar-refractivity contribution in [1.82, 2.24) is 5.32 Å². The van der Waals surface area contributed by atoms with Gasteiger partial charge in [-0.15, -0.1) is 0 Å². The fraction of sp³-hybridized carbons (Fsp3) is 0.983. The van der Waals surface area contributed by atoms with Gasteiger partial charge < -0.3 is 40.3 Å². The standard InChI is InChI=1S/C59H117NO8/c1-3-5-7-9-11-12-13-14-15-16-17-18-19-20-21-22-23-24-25-26-27-28-29-30-31-32-33-34-35-36-37-38-39-40-41-42-43-45-47-49-55(63)60-52(53(62)48-46-44-10-8-6-4-2)51-67-59-58(66)57(65)56(64)54(50-61)68-59/h52-54,56-59,61-62,64-66H,3-51H2,1-2H3,(H,60,63). The molecule has 0 radical (unpaired) electrons. The first-order valence-electron chi connectivity index (χ1n) is 30.2. The molecule has 0 aromatic carbocycles. The summed E-state index contributed by atoms with van der Waals surface area (Å²) in [6.07, 6.45) is 53.8. The Kier molecular flexibility index (Phi) is 47.7. The minimum Gasteiger partial charge on any atom is -0.394 e. The molecule has 1 amide bonds. The molecule has 0 aromatic heterocycles. The number of carbonyl (C=O) groups is 1. The predicted octanol–water partition coefficient (Wildman–Crippen LogP) is 15.0. The zero-order chi connectivity index (χ0) is 49.4. The Labute approximate surface area is 421 Å². The molecule has 9 nitrogen and oxygen atoms in total. The summed E-state index contributed by atoms with van der Waals surface area (Å²) in [6.45, 7) is 3.80. The molecule has 6 N–H and O–H groups in total. The predicted molar refractivity (Wildman–Crippen MR) is 286 cm³/mol. The molecular weight excluding hydrogens is 851 g/mol. The highest BCUT2D eigenvalue weighted by Gasteiger charge is 2.44. The lowest BCUT2D eigenvalue weighted by Crippen LogP contribution is -2.60. The van der Waals surface area contributed by atoms with Crippen molar-refractivity contribution in [3.8, 4) is 0 Å². The Morgan fingerprint density at radius 1 is 0.441 bits per heavy atom. The maximum Gasteiger partial charge on any atom is 0.220 e. The number of aliphatic hydroxyl groups is 5. The maximum atomic E-state index is 12.9. The van der Waals surface area contributed by atoms with Crippen LogP contribution in [0.4, 0.5) is 0 Å². The second-order valence-corrected chi connectivity index (χ2v) is 21.5. The van der Waals surface area contributed by atoms with Crippen LogP contribution < -0.4 is 5.32 Å². The van der Waals surface area contributed by atoms with Gasteiger partial charge in [-0.05, 0) is 12.8 Å². The third kappa shape index (κ3) is 38.8. The molecule has 0 aromatic rings. The van der Waals surface area contributed by atoms with Gasteiger partial charge in [0, 0.05) is 6.42 Å². The van der Waals surface area contributed by atoms with E-state index in [1.807, 2.05) is 0 Å². The maximum absolute atomic E-state index is 12.9. The molecule has 406 valence electrons. The summed E-state index contributed by atoms with van der Waals surface area (Å²) in [5, 5.41) is 54.1. The number of amides is 1. The van der Waals surface area contributed by atoms with Crippen molar-refractivity contribution in [2.45, 2.75) is 358 Å². The topological polar surface area (TPSA) is 149 Å². The average molecular weight is 969 g/mol. The van der Waals surface area contributed by atoms with E-state index in [4.69, 9.17) is 9.47 Å². The van der Waals surface area contributed by atoms with E-state index in [-0.39, 0.29) is 12.5 Å². The van der Waals surface area contributed by atoms with Gasteiger partial charge in [0.05, 0.1) is 25.4 Å².